The first kappa shape index (κ1) is 12.8. The van der Waals surface area contributed by atoms with Crippen LogP contribution in [0, 0.1) is 0 Å². The highest BCUT2D eigenvalue weighted by Gasteiger charge is 2.22. The molecule has 0 N–H and O–H groups in total. The van der Waals surface area contributed by atoms with Crippen molar-refractivity contribution in [3.8, 4) is 5.75 Å². The Kier molecular flexibility index (Phi) is 4.80. The molecule has 0 spiro atoms. The predicted molar refractivity (Wildman–Crippen MR) is 75.3 cm³/mol. The predicted octanol–water partition coefficient (Wildman–Crippen LogP) is 2.66. The summed E-state index contributed by atoms with van der Waals surface area (Å²) < 4.78 is 5.16. The van der Waals surface area contributed by atoms with Crippen LogP contribution in [-0.4, -0.2) is 35.4 Å². The normalized spacial score (nSPS) is 19.9. The fourth-order valence-electron chi connectivity index (χ4n) is 1.77. The number of ketones is 1. The standard InChI is InChI=1S/C13H16O2S2/c1-15-11-4-2-3-10(7-11)8-12(14)13-9-16-5-6-17-13/h2-4,7,13H,5-6,8-9H2,1H3. The lowest BCUT2D eigenvalue weighted by molar-refractivity contribution is -0.117. The summed E-state index contributed by atoms with van der Waals surface area (Å²) in [6.45, 7) is 0. The lowest BCUT2D eigenvalue weighted by atomic mass is 10.1. The first-order valence-corrected chi connectivity index (χ1v) is 7.85. The van der Waals surface area contributed by atoms with Crippen LogP contribution in [0.2, 0.25) is 0 Å². The maximum atomic E-state index is 12.1. The molecule has 1 heterocycles. The topological polar surface area (TPSA) is 26.3 Å². The number of thioether (sulfide) groups is 2. The highest BCUT2D eigenvalue weighted by Crippen LogP contribution is 2.26. The van der Waals surface area contributed by atoms with Crippen LogP contribution in [0.25, 0.3) is 0 Å². The number of ether oxygens (including phenoxy) is 1. The van der Waals surface area contributed by atoms with E-state index in [2.05, 4.69) is 0 Å². The number of carbonyl (C=O) groups is 1. The number of methoxy groups -OCH3 is 1. The third kappa shape index (κ3) is 3.68. The van der Waals surface area contributed by atoms with Gasteiger partial charge >= 0.3 is 0 Å². The summed E-state index contributed by atoms with van der Waals surface area (Å²) in [5, 5.41) is 0.181. The van der Waals surface area contributed by atoms with Crippen molar-refractivity contribution < 1.29 is 9.53 Å². The van der Waals surface area contributed by atoms with Crippen LogP contribution in [-0.2, 0) is 11.2 Å². The van der Waals surface area contributed by atoms with Crippen molar-refractivity contribution in [1.82, 2.24) is 0 Å². The number of hydrogen-bond acceptors (Lipinski definition) is 4. The van der Waals surface area contributed by atoms with E-state index in [4.69, 9.17) is 4.74 Å². The highest BCUT2D eigenvalue weighted by molar-refractivity contribution is 8.07. The number of carbonyl (C=O) groups excluding carboxylic acids is 1. The van der Waals surface area contributed by atoms with Crippen LogP contribution in [0.3, 0.4) is 0 Å². The smallest absolute Gasteiger partial charge is 0.151 e. The van der Waals surface area contributed by atoms with Crippen molar-refractivity contribution in [3.63, 3.8) is 0 Å². The molecule has 92 valence electrons. The van der Waals surface area contributed by atoms with Crippen LogP contribution in [0.4, 0.5) is 0 Å². The molecule has 0 aliphatic carbocycles. The Morgan fingerprint density at radius 1 is 1.47 bits per heavy atom. The van der Waals surface area contributed by atoms with Crippen molar-refractivity contribution in [3.05, 3.63) is 29.8 Å². The first-order chi connectivity index (χ1) is 8.29. The van der Waals surface area contributed by atoms with Gasteiger partial charge in [0.15, 0.2) is 5.78 Å². The van der Waals surface area contributed by atoms with E-state index in [1.54, 1.807) is 18.9 Å². The Hall–Kier alpha value is -0.610. The zero-order valence-corrected chi connectivity index (χ0v) is 11.5. The van der Waals surface area contributed by atoms with Gasteiger partial charge in [0.05, 0.1) is 12.4 Å². The second kappa shape index (κ2) is 6.36. The van der Waals surface area contributed by atoms with E-state index in [-0.39, 0.29) is 5.25 Å². The Bertz CT molecular complexity index is 387. The van der Waals surface area contributed by atoms with Gasteiger partial charge in [-0.05, 0) is 17.7 Å². The van der Waals surface area contributed by atoms with Gasteiger partial charge in [-0.25, -0.2) is 0 Å². The molecule has 1 aromatic rings. The minimum absolute atomic E-state index is 0.181. The van der Waals surface area contributed by atoms with Crippen molar-refractivity contribution in [1.29, 1.82) is 0 Å². The minimum atomic E-state index is 0.181. The van der Waals surface area contributed by atoms with Gasteiger partial charge in [-0.1, -0.05) is 12.1 Å². The molecule has 0 amide bonds. The third-order valence-electron chi connectivity index (χ3n) is 2.69. The molecule has 1 aliphatic heterocycles. The van der Waals surface area contributed by atoms with Gasteiger partial charge in [-0.15, -0.1) is 11.8 Å². The van der Waals surface area contributed by atoms with Gasteiger partial charge in [0.25, 0.3) is 0 Å². The van der Waals surface area contributed by atoms with Gasteiger partial charge in [-0.3, -0.25) is 4.79 Å². The molecule has 4 heteroatoms. The van der Waals surface area contributed by atoms with E-state index < -0.39 is 0 Å². The molecular weight excluding hydrogens is 252 g/mol. The molecule has 0 radical (unpaired) electrons. The van der Waals surface area contributed by atoms with Crippen molar-refractivity contribution >= 4 is 29.3 Å². The van der Waals surface area contributed by atoms with Crippen LogP contribution in [0.1, 0.15) is 5.56 Å². The summed E-state index contributed by atoms with van der Waals surface area (Å²) in [6, 6.07) is 7.77. The Labute approximate surface area is 111 Å². The largest absolute Gasteiger partial charge is 0.497 e. The fourth-order valence-corrected chi connectivity index (χ4v) is 4.42. The summed E-state index contributed by atoms with van der Waals surface area (Å²) in [7, 11) is 1.65. The molecular formula is C13H16O2S2. The van der Waals surface area contributed by atoms with Crippen LogP contribution < -0.4 is 4.74 Å². The summed E-state index contributed by atoms with van der Waals surface area (Å²) >= 11 is 3.68. The van der Waals surface area contributed by atoms with Crippen LogP contribution >= 0.6 is 23.5 Å². The third-order valence-corrected chi connectivity index (χ3v) is 5.49. The molecule has 0 saturated carbocycles. The van der Waals surface area contributed by atoms with Crippen molar-refractivity contribution in [2.75, 3.05) is 24.4 Å². The van der Waals surface area contributed by atoms with Crippen molar-refractivity contribution in [2.45, 2.75) is 11.7 Å². The van der Waals surface area contributed by atoms with E-state index in [1.165, 1.54) is 5.75 Å². The quantitative estimate of drug-likeness (QED) is 0.838. The molecule has 1 atom stereocenters. The van der Waals surface area contributed by atoms with Gasteiger partial charge in [-0.2, -0.15) is 11.8 Å². The zero-order chi connectivity index (χ0) is 12.1. The van der Waals surface area contributed by atoms with Gasteiger partial charge in [0.2, 0.25) is 0 Å². The highest BCUT2D eigenvalue weighted by atomic mass is 32.2. The molecule has 0 bridgehead atoms. The zero-order valence-electron chi connectivity index (χ0n) is 9.85. The molecule has 1 aliphatic rings. The molecule has 1 saturated heterocycles. The van der Waals surface area contributed by atoms with Gasteiger partial charge in [0, 0.05) is 23.7 Å². The summed E-state index contributed by atoms with van der Waals surface area (Å²) in [6.07, 6.45) is 0.523. The molecule has 1 unspecified atom stereocenters. The van der Waals surface area contributed by atoms with Gasteiger partial charge in [0.1, 0.15) is 5.75 Å². The summed E-state index contributed by atoms with van der Waals surface area (Å²) in [5.74, 6) is 4.40. The summed E-state index contributed by atoms with van der Waals surface area (Å²) in [5.41, 5.74) is 1.05. The number of benzene rings is 1. The molecule has 17 heavy (non-hydrogen) atoms. The molecule has 1 fully saturated rings. The number of hydrogen-bond donors (Lipinski definition) is 0. The van der Waals surface area contributed by atoms with Crippen LogP contribution in [0.5, 0.6) is 5.75 Å². The maximum Gasteiger partial charge on any atom is 0.151 e. The van der Waals surface area contributed by atoms with E-state index in [9.17, 15) is 4.79 Å². The Morgan fingerprint density at radius 2 is 2.35 bits per heavy atom. The number of Topliss-reactive ketones (excluding diaryl/α,β-unsaturated/α-hetero) is 1. The van der Waals surface area contributed by atoms with Crippen molar-refractivity contribution in [2.24, 2.45) is 0 Å². The first-order valence-electron chi connectivity index (χ1n) is 5.64. The molecule has 2 nitrogen and oxygen atoms in total. The lowest BCUT2D eigenvalue weighted by Crippen LogP contribution is -2.25. The van der Waals surface area contributed by atoms with E-state index >= 15 is 0 Å². The minimum Gasteiger partial charge on any atom is -0.497 e. The number of rotatable bonds is 4. The average Bonchev–Trinajstić information content (AvgIpc) is 2.40. The molecule has 2 rings (SSSR count). The molecule has 1 aromatic carbocycles. The van der Waals surface area contributed by atoms with E-state index in [1.807, 2.05) is 36.0 Å². The van der Waals surface area contributed by atoms with Crippen LogP contribution in [0.15, 0.2) is 24.3 Å². The Balaban J connectivity index is 1.96. The SMILES string of the molecule is COc1cccc(CC(=O)C2CSCCS2)c1. The second-order valence-electron chi connectivity index (χ2n) is 3.93. The van der Waals surface area contributed by atoms with E-state index in [0.29, 0.717) is 12.2 Å². The Morgan fingerprint density at radius 3 is 3.06 bits per heavy atom. The fraction of sp³-hybridized carbons (Fsp3) is 0.462. The monoisotopic (exact) mass is 268 g/mol. The van der Waals surface area contributed by atoms with Gasteiger partial charge < -0.3 is 4.74 Å². The lowest BCUT2D eigenvalue weighted by Gasteiger charge is -2.19. The summed E-state index contributed by atoms with van der Waals surface area (Å²) in [4.78, 5) is 12.1. The average molecular weight is 268 g/mol. The second-order valence-corrected chi connectivity index (χ2v) is 6.39. The maximum absolute atomic E-state index is 12.1. The molecule has 0 aromatic heterocycles. The van der Waals surface area contributed by atoms with E-state index in [0.717, 1.165) is 22.8 Å².